The van der Waals surface area contributed by atoms with E-state index in [9.17, 15) is 0 Å². The number of nitrogens with zero attached hydrogens (tertiary/aromatic N) is 2. The molecule has 17 heavy (non-hydrogen) atoms. The van der Waals surface area contributed by atoms with Gasteiger partial charge in [-0.25, -0.2) is 4.98 Å². The number of aryl methyl sites for hydroxylation is 1. The van der Waals surface area contributed by atoms with Gasteiger partial charge < -0.3 is 14.6 Å². The van der Waals surface area contributed by atoms with E-state index < -0.39 is 0 Å². The Bertz CT molecular complexity index is 493. The molecule has 0 bridgehead atoms. The molecular formula is C13H17N3O. The van der Waals surface area contributed by atoms with Crippen LogP contribution in [-0.2, 0) is 7.05 Å². The van der Waals surface area contributed by atoms with Gasteiger partial charge in [-0.1, -0.05) is 12.1 Å². The molecule has 1 unspecified atom stereocenters. The molecule has 0 saturated heterocycles. The van der Waals surface area contributed by atoms with E-state index in [-0.39, 0.29) is 6.04 Å². The van der Waals surface area contributed by atoms with Crippen LogP contribution in [0.3, 0.4) is 0 Å². The fourth-order valence-corrected chi connectivity index (χ4v) is 1.89. The fourth-order valence-electron chi connectivity index (χ4n) is 1.89. The monoisotopic (exact) mass is 231 g/mol. The summed E-state index contributed by atoms with van der Waals surface area (Å²) in [6, 6.07) is 8.11. The molecule has 0 radical (unpaired) electrons. The third-order valence-corrected chi connectivity index (χ3v) is 2.74. The van der Waals surface area contributed by atoms with E-state index in [1.165, 1.54) is 0 Å². The van der Waals surface area contributed by atoms with Gasteiger partial charge in [-0.2, -0.15) is 0 Å². The average Bonchev–Trinajstić information content (AvgIpc) is 2.77. The Hall–Kier alpha value is -1.81. The molecule has 1 aromatic carbocycles. The van der Waals surface area contributed by atoms with Crippen molar-refractivity contribution < 1.29 is 4.74 Å². The molecule has 0 amide bonds. The van der Waals surface area contributed by atoms with Gasteiger partial charge in [-0.3, -0.25) is 0 Å². The molecule has 0 aliphatic heterocycles. The first kappa shape index (κ1) is 11.7. The standard InChI is InChI=1S/C13H17N3O/c1-14-13(12-8-16(2)9-15-12)10-5-4-6-11(7-10)17-3/h4-9,13-14H,1-3H3. The molecule has 1 atom stereocenters. The minimum absolute atomic E-state index is 0.0892. The zero-order chi connectivity index (χ0) is 12.3. The van der Waals surface area contributed by atoms with Gasteiger partial charge in [0.25, 0.3) is 0 Å². The van der Waals surface area contributed by atoms with Crippen LogP contribution in [0.1, 0.15) is 17.3 Å². The second kappa shape index (κ2) is 5.01. The lowest BCUT2D eigenvalue weighted by atomic mass is 10.0. The molecule has 90 valence electrons. The SMILES string of the molecule is CNC(c1cccc(OC)c1)c1cn(C)cn1. The molecular weight excluding hydrogens is 214 g/mol. The average molecular weight is 231 g/mol. The zero-order valence-electron chi connectivity index (χ0n) is 10.3. The van der Waals surface area contributed by atoms with Crippen molar-refractivity contribution in [1.29, 1.82) is 0 Å². The van der Waals surface area contributed by atoms with Crippen molar-refractivity contribution in [1.82, 2.24) is 14.9 Å². The highest BCUT2D eigenvalue weighted by Crippen LogP contribution is 2.23. The van der Waals surface area contributed by atoms with E-state index in [1.807, 2.05) is 43.1 Å². The first-order valence-electron chi connectivity index (χ1n) is 5.53. The minimum atomic E-state index is 0.0892. The first-order valence-corrected chi connectivity index (χ1v) is 5.53. The van der Waals surface area contributed by atoms with Crippen LogP contribution < -0.4 is 10.1 Å². The number of benzene rings is 1. The van der Waals surface area contributed by atoms with E-state index >= 15 is 0 Å². The molecule has 0 spiro atoms. The highest BCUT2D eigenvalue weighted by atomic mass is 16.5. The Morgan fingerprint density at radius 1 is 1.41 bits per heavy atom. The summed E-state index contributed by atoms with van der Waals surface area (Å²) in [6.07, 6.45) is 3.82. The summed E-state index contributed by atoms with van der Waals surface area (Å²) >= 11 is 0. The quantitative estimate of drug-likeness (QED) is 0.871. The number of hydrogen-bond donors (Lipinski definition) is 1. The maximum Gasteiger partial charge on any atom is 0.119 e. The van der Waals surface area contributed by atoms with Gasteiger partial charge >= 0.3 is 0 Å². The molecule has 4 nitrogen and oxygen atoms in total. The smallest absolute Gasteiger partial charge is 0.119 e. The van der Waals surface area contributed by atoms with Crippen molar-refractivity contribution in [2.75, 3.05) is 14.2 Å². The second-order valence-electron chi connectivity index (χ2n) is 3.96. The van der Waals surface area contributed by atoms with Crippen LogP contribution in [0.4, 0.5) is 0 Å². The summed E-state index contributed by atoms with van der Waals surface area (Å²) in [5.41, 5.74) is 2.15. The minimum Gasteiger partial charge on any atom is -0.497 e. The van der Waals surface area contributed by atoms with Crippen molar-refractivity contribution >= 4 is 0 Å². The first-order chi connectivity index (χ1) is 8.24. The molecule has 2 aromatic rings. The molecule has 1 heterocycles. The number of methoxy groups -OCH3 is 1. The third kappa shape index (κ3) is 2.47. The van der Waals surface area contributed by atoms with Gasteiger partial charge in [0.2, 0.25) is 0 Å². The van der Waals surface area contributed by atoms with Crippen molar-refractivity contribution in [3.05, 3.63) is 48.0 Å². The van der Waals surface area contributed by atoms with Gasteiger partial charge in [0, 0.05) is 13.2 Å². The van der Waals surface area contributed by atoms with Crippen LogP contribution in [0.2, 0.25) is 0 Å². The lowest BCUT2D eigenvalue weighted by Gasteiger charge is -2.15. The van der Waals surface area contributed by atoms with Crippen molar-refractivity contribution in [3.8, 4) is 5.75 Å². The molecule has 0 fully saturated rings. The maximum atomic E-state index is 5.24. The molecule has 1 N–H and O–H groups in total. The highest BCUT2D eigenvalue weighted by molar-refractivity contribution is 5.34. The normalized spacial score (nSPS) is 12.4. The fraction of sp³-hybridized carbons (Fsp3) is 0.308. The Morgan fingerprint density at radius 2 is 2.24 bits per heavy atom. The number of rotatable bonds is 4. The van der Waals surface area contributed by atoms with E-state index in [4.69, 9.17) is 4.74 Å². The molecule has 4 heteroatoms. The number of aromatic nitrogens is 2. The lowest BCUT2D eigenvalue weighted by Crippen LogP contribution is -2.18. The van der Waals surface area contributed by atoms with E-state index in [0.29, 0.717) is 0 Å². The van der Waals surface area contributed by atoms with Crippen LogP contribution in [0.5, 0.6) is 5.75 Å². The van der Waals surface area contributed by atoms with Crippen LogP contribution in [0, 0.1) is 0 Å². The molecule has 0 aliphatic rings. The summed E-state index contributed by atoms with van der Waals surface area (Å²) < 4.78 is 7.18. The van der Waals surface area contributed by atoms with E-state index in [0.717, 1.165) is 17.0 Å². The van der Waals surface area contributed by atoms with Crippen LogP contribution in [0.25, 0.3) is 0 Å². The zero-order valence-corrected chi connectivity index (χ0v) is 10.3. The van der Waals surface area contributed by atoms with Gasteiger partial charge in [0.1, 0.15) is 5.75 Å². The number of ether oxygens (including phenoxy) is 1. The summed E-state index contributed by atoms with van der Waals surface area (Å²) in [5, 5.41) is 3.27. The van der Waals surface area contributed by atoms with Crippen molar-refractivity contribution in [2.45, 2.75) is 6.04 Å². The van der Waals surface area contributed by atoms with Crippen LogP contribution in [0.15, 0.2) is 36.8 Å². The lowest BCUT2D eigenvalue weighted by molar-refractivity contribution is 0.413. The van der Waals surface area contributed by atoms with Crippen LogP contribution in [-0.4, -0.2) is 23.7 Å². The molecule has 0 saturated carbocycles. The summed E-state index contributed by atoms with van der Waals surface area (Å²) in [6.45, 7) is 0. The maximum absolute atomic E-state index is 5.24. The Balaban J connectivity index is 2.34. The van der Waals surface area contributed by atoms with Gasteiger partial charge in [0.05, 0.1) is 25.2 Å². The van der Waals surface area contributed by atoms with E-state index in [2.05, 4.69) is 16.4 Å². The molecule has 1 aromatic heterocycles. The van der Waals surface area contributed by atoms with Gasteiger partial charge in [0.15, 0.2) is 0 Å². The van der Waals surface area contributed by atoms with Crippen molar-refractivity contribution in [2.24, 2.45) is 7.05 Å². The summed E-state index contributed by atoms with van der Waals surface area (Å²) in [7, 11) is 5.57. The number of imidazole rings is 1. The van der Waals surface area contributed by atoms with Crippen LogP contribution >= 0.6 is 0 Å². The van der Waals surface area contributed by atoms with Gasteiger partial charge in [-0.15, -0.1) is 0 Å². The second-order valence-corrected chi connectivity index (χ2v) is 3.96. The molecule has 2 rings (SSSR count). The summed E-state index contributed by atoms with van der Waals surface area (Å²) in [4.78, 5) is 4.38. The Kier molecular flexibility index (Phi) is 3.44. The van der Waals surface area contributed by atoms with Gasteiger partial charge in [-0.05, 0) is 24.7 Å². The summed E-state index contributed by atoms with van der Waals surface area (Å²) in [5.74, 6) is 0.860. The third-order valence-electron chi connectivity index (χ3n) is 2.74. The highest BCUT2D eigenvalue weighted by Gasteiger charge is 2.14. The Morgan fingerprint density at radius 3 is 2.82 bits per heavy atom. The predicted octanol–water partition coefficient (Wildman–Crippen LogP) is 1.74. The number of hydrogen-bond acceptors (Lipinski definition) is 3. The number of nitrogens with one attached hydrogen (secondary N) is 1. The topological polar surface area (TPSA) is 39.1 Å². The molecule has 0 aliphatic carbocycles. The predicted molar refractivity (Wildman–Crippen MR) is 67.1 cm³/mol. The van der Waals surface area contributed by atoms with E-state index in [1.54, 1.807) is 13.4 Å². The van der Waals surface area contributed by atoms with Crippen molar-refractivity contribution in [3.63, 3.8) is 0 Å². The largest absolute Gasteiger partial charge is 0.497 e. The Labute approximate surface area is 101 Å².